The fourth-order valence-corrected chi connectivity index (χ4v) is 5.63. The molecule has 0 radical (unpaired) electrons. The summed E-state index contributed by atoms with van der Waals surface area (Å²) in [5, 5.41) is 3.37. The highest BCUT2D eigenvalue weighted by atomic mass is 16.5. The highest BCUT2D eigenvalue weighted by molar-refractivity contribution is 5.82. The van der Waals surface area contributed by atoms with Crippen molar-refractivity contribution in [3.05, 3.63) is 78.0 Å². The maximum Gasteiger partial charge on any atom is 0.240 e. The highest BCUT2D eigenvalue weighted by Crippen LogP contribution is 2.33. The minimum Gasteiger partial charge on any atom is -0.497 e. The number of nitrogens with one attached hydrogen (secondary N) is 1. The topological polar surface area (TPSA) is 48.1 Å². The monoisotopic (exact) mass is 504 g/mol. The Balaban J connectivity index is 1.61. The van der Waals surface area contributed by atoms with Crippen molar-refractivity contribution in [2.24, 2.45) is 5.41 Å². The molecule has 37 heavy (non-hydrogen) atoms. The molecule has 0 aromatic heterocycles. The van der Waals surface area contributed by atoms with E-state index in [0.717, 1.165) is 70.1 Å². The Bertz CT molecular complexity index is 1040. The van der Waals surface area contributed by atoms with Crippen molar-refractivity contribution >= 4 is 5.91 Å². The second-order valence-electron chi connectivity index (χ2n) is 11.7. The first-order chi connectivity index (χ1) is 17.7. The van der Waals surface area contributed by atoms with E-state index in [9.17, 15) is 4.79 Å². The minimum atomic E-state index is -0.126. The van der Waals surface area contributed by atoms with Crippen LogP contribution in [0.5, 0.6) is 5.75 Å². The van der Waals surface area contributed by atoms with Gasteiger partial charge in [-0.15, -0.1) is 0 Å². The van der Waals surface area contributed by atoms with Crippen molar-refractivity contribution in [2.45, 2.75) is 58.8 Å². The van der Waals surface area contributed by atoms with Gasteiger partial charge in [-0.25, -0.2) is 0 Å². The van der Waals surface area contributed by atoms with E-state index in [1.807, 2.05) is 18.2 Å². The van der Waals surface area contributed by atoms with Gasteiger partial charge in [0.15, 0.2) is 0 Å². The van der Waals surface area contributed by atoms with Crippen LogP contribution in [0.1, 0.15) is 44.7 Å². The van der Waals surface area contributed by atoms with Gasteiger partial charge in [0.1, 0.15) is 5.75 Å². The van der Waals surface area contributed by atoms with Crippen molar-refractivity contribution in [3.8, 4) is 5.75 Å². The van der Waals surface area contributed by atoms with Crippen molar-refractivity contribution in [1.82, 2.24) is 20.0 Å². The van der Waals surface area contributed by atoms with E-state index in [4.69, 9.17) is 4.74 Å². The van der Waals surface area contributed by atoms with Crippen LogP contribution in [0.15, 0.2) is 66.9 Å². The number of amides is 1. The van der Waals surface area contributed by atoms with Gasteiger partial charge < -0.3 is 19.9 Å². The van der Waals surface area contributed by atoms with Crippen molar-refractivity contribution < 1.29 is 9.53 Å². The van der Waals surface area contributed by atoms with Crippen molar-refractivity contribution in [3.63, 3.8) is 0 Å². The molecule has 2 aromatic rings. The number of carbonyl (C=O) groups is 1. The Morgan fingerprint density at radius 3 is 2.46 bits per heavy atom. The van der Waals surface area contributed by atoms with E-state index in [1.54, 1.807) is 7.11 Å². The molecule has 0 bridgehead atoms. The summed E-state index contributed by atoms with van der Waals surface area (Å²) in [6.45, 7) is 17.0. The van der Waals surface area contributed by atoms with Crippen LogP contribution in [0.25, 0.3) is 0 Å². The van der Waals surface area contributed by atoms with Gasteiger partial charge in [0, 0.05) is 57.6 Å². The number of methoxy groups -OCH3 is 1. The summed E-state index contributed by atoms with van der Waals surface area (Å²) >= 11 is 0. The predicted molar refractivity (Wildman–Crippen MR) is 150 cm³/mol. The number of hydrogen-bond acceptors (Lipinski definition) is 5. The third-order valence-electron chi connectivity index (χ3n) is 7.39. The Hall–Kier alpha value is -2.83. The summed E-state index contributed by atoms with van der Waals surface area (Å²) in [6.07, 6.45) is 1.71. The molecule has 2 unspecified atom stereocenters. The third kappa shape index (κ3) is 7.36. The van der Waals surface area contributed by atoms with Gasteiger partial charge in [0.25, 0.3) is 0 Å². The van der Waals surface area contributed by atoms with E-state index in [-0.39, 0.29) is 23.4 Å². The number of ether oxygens (including phenoxy) is 1. The molecule has 2 heterocycles. The van der Waals surface area contributed by atoms with Gasteiger partial charge in [-0.3, -0.25) is 9.69 Å². The number of nitrogens with zero attached hydrogens (tertiary/aromatic N) is 3. The molecule has 2 saturated heterocycles. The lowest BCUT2D eigenvalue weighted by molar-refractivity contribution is -0.136. The summed E-state index contributed by atoms with van der Waals surface area (Å²) in [5.41, 5.74) is 3.70. The van der Waals surface area contributed by atoms with Crippen molar-refractivity contribution in [2.75, 3.05) is 39.8 Å². The maximum absolute atomic E-state index is 13.8. The van der Waals surface area contributed by atoms with Crippen LogP contribution in [-0.4, -0.2) is 72.5 Å². The van der Waals surface area contributed by atoms with Crippen LogP contribution in [0.3, 0.4) is 0 Å². The van der Waals surface area contributed by atoms with Crippen LogP contribution in [0, 0.1) is 5.41 Å². The summed E-state index contributed by atoms with van der Waals surface area (Å²) in [5.74, 6) is 1.13. The standard InChI is InChI=1S/C31H44N4O2/c1-24(20-31(2,3)4)35(22-26-12-9-13-28(18-26)37-5)27-19-29(30(36)33-16-14-32-15-17-33)34(23-27)21-25-10-7-6-8-11-25/h6-13,18,27,29,32H,1,14-17,19-23H2,2-5H3. The van der Waals surface area contributed by atoms with Gasteiger partial charge >= 0.3 is 0 Å². The van der Waals surface area contributed by atoms with Crippen LogP contribution in [-0.2, 0) is 17.9 Å². The zero-order valence-corrected chi connectivity index (χ0v) is 23.1. The number of benzene rings is 2. The fourth-order valence-electron chi connectivity index (χ4n) is 5.63. The van der Waals surface area contributed by atoms with Gasteiger partial charge in [0.2, 0.25) is 5.91 Å². The molecule has 0 aliphatic carbocycles. The Morgan fingerprint density at radius 1 is 1.08 bits per heavy atom. The summed E-state index contributed by atoms with van der Waals surface area (Å²) < 4.78 is 5.50. The predicted octanol–water partition coefficient (Wildman–Crippen LogP) is 4.52. The Kier molecular flexibility index (Phi) is 8.93. The van der Waals surface area contributed by atoms with E-state index < -0.39 is 0 Å². The molecule has 6 heteroatoms. The molecular weight excluding hydrogens is 460 g/mol. The first-order valence-corrected chi connectivity index (χ1v) is 13.6. The number of likely N-dealkylation sites (tertiary alicyclic amines) is 1. The molecule has 2 fully saturated rings. The number of hydrogen-bond donors (Lipinski definition) is 1. The largest absolute Gasteiger partial charge is 0.497 e. The van der Waals surface area contributed by atoms with Gasteiger partial charge in [-0.05, 0) is 41.5 Å². The van der Waals surface area contributed by atoms with Crippen LogP contribution >= 0.6 is 0 Å². The first-order valence-electron chi connectivity index (χ1n) is 13.6. The average Bonchev–Trinajstić information content (AvgIpc) is 3.30. The Morgan fingerprint density at radius 2 is 1.78 bits per heavy atom. The molecule has 200 valence electrons. The molecule has 0 saturated carbocycles. The van der Waals surface area contributed by atoms with E-state index in [0.29, 0.717) is 0 Å². The lowest BCUT2D eigenvalue weighted by atomic mass is 9.90. The summed E-state index contributed by atoms with van der Waals surface area (Å²) in [7, 11) is 1.71. The molecule has 0 spiro atoms. The smallest absolute Gasteiger partial charge is 0.240 e. The fraction of sp³-hybridized carbons (Fsp3) is 0.516. The summed E-state index contributed by atoms with van der Waals surface area (Å²) in [4.78, 5) is 20.7. The van der Waals surface area contributed by atoms with Gasteiger partial charge in [-0.2, -0.15) is 0 Å². The van der Waals surface area contributed by atoms with Gasteiger partial charge in [-0.1, -0.05) is 69.8 Å². The highest BCUT2D eigenvalue weighted by Gasteiger charge is 2.41. The zero-order valence-electron chi connectivity index (χ0n) is 23.1. The lowest BCUT2D eigenvalue weighted by Gasteiger charge is -2.36. The van der Waals surface area contributed by atoms with Crippen LogP contribution in [0.4, 0.5) is 0 Å². The zero-order chi connectivity index (χ0) is 26.4. The van der Waals surface area contributed by atoms with Crippen molar-refractivity contribution in [1.29, 1.82) is 0 Å². The Labute approximate surface area is 223 Å². The molecule has 6 nitrogen and oxygen atoms in total. The van der Waals surface area contributed by atoms with Crippen LogP contribution in [0.2, 0.25) is 0 Å². The molecule has 2 aliphatic rings. The van der Waals surface area contributed by atoms with Gasteiger partial charge in [0.05, 0.1) is 13.2 Å². The molecule has 4 rings (SSSR count). The molecule has 1 amide bonds. The van der Waals surface area contributed by atoms with E-state index in [1.165, 1.54) is 11.1 Å². The molecule has 2 aliphatic heterocycles. The molecule has 2 aromatic carbocycles. The third-order valence-corrected chi connectivity index (χ3v) is 7.39. The average molecular weight is 505 g/mol. The number of rotatable bonds is 9. The second-order valence-corrected chi connectivity index (χ2v) is 11.7. The molecule has 1 N–H and O–H groups in total. The molecular formula is C31H44N4O2. The second kappa shape index (κ2) is 12.1. The quantitative estimate of drug-likeness (QED) is 0.544. The normalized spacial score (nSPS) is 20.6. The van der Waals surface area contributed by atoms with E-state index >= 15 is 0 Å². The molecule has 2 atom stereocenters. The van der Waals surface area contributed by atoms with Crippen LogP contribution < -0.4 is 10.1 Å². The number of allylic oxidation sites excluding steroid dienone is 1. The number of carbonyl (C=O) groups excluding carboxylic acids is 1. The number of piperazine rings is 1. The first kappa shape index (κ1) is 27.2. The van der Waals surface area contributed by atoms with E-state index in [2.05, 4.69) is 83.8 Å². The maximum atomic E-state index is 13.8. The minimum absolute atomic E-state index is 0.126. The SMILES string of the molecule is C=C(CC(C)(C)C)N(Cc1cccc(OC)c1)C1CC(C(=O)N2CCNCC2)N(Cc2ccccc2)C1. The summed E-state index contributed by atoms with van der Waals surface area (Å²) in [6, 6.07) is 18.9. The lowest BCUT2D eigenvalue weighted by Crippen LogP contribution is -2.52.